The van der Waals surface area contributed by atoms with Crippen LogP contribution in [0, 0.1) is 11.8 Å². The maximum Gasteiger partial charge on any atom is 0.324 e. The van der Waals surface area contributed by atoms with Gasteiger partial charge in [-0.25, -0.2) is 0 Å². The molecule has 0 spiro atoms. The molecular weight excluding hydrogens is 486 g/mol. The first-order valence-electron chi connectivity index (χ1n) is 13.4. The minimum absolute atomic E-state index is 0.263. The van der Waals surface area contributed by atoms with Crippen LogP contribution in [0.3, 0.4) is 0 Å². The molecule has 5 rings (SSSR count). The van der Waals surface area contributed by atoms with Crippen LogP contribution in [-0.4, -0.2) is 56.3 Å². The number of esters is 3. The Hall–Kier alpha value is -3.39. The summed E-state index contributed by atoms with van der Waals surface area (Å²) in [6.45, 7) is 1.22. The molecule has 0 aliphatic carbocycles. The Morgan fingerprint density at radius 2 is 1.42 bits per heavy atom. The quantitative estimate of drug-likeness (QED) is 0.428. The fourth-order valence-corrected chi connectivity index (χ4v) is 5.59. The van der Waals surface area contributed by atoms with Gasteiger partial charge >= 0.3 is 17.9 Å². The minimum atomic E-state index is -1.09. The lowest BCUT2D eigenvalue weighted by molar-refractivity contribution is -0.161. The predicted molar refractivity (Wildman–Crippen MR) is 140 cm³/mol. The Morgan fingerprint density at radius 1 is 0.816 bits per heavy atom. The van der Waals surface area contributed by atoms with Gasteiger partial charge in [0.25, 0.3) is 0 Å². The van der Waals surface area contributed by atoms with Crippen LogP contribution in [-0.2, 0) is 35.1 Å². The molecule has 3 aliphatic heterocycles. The Bertz CT molecular complexity index is 1070. The number of methoxy groups -OCH3 is 2. The Kier molecular flexibility index (Phi) is 9.76. The highest BCUT2D eigenvalue weighted by Crippen LogP contribution is 2.47. The topological polar surface area (TPSA) is 91.4 Å². The molecule has 0 aromatic heterocycles. The monoisotopic (exact) mass is 523 g/mol. The third kappa shape index (κ3) is 6.35. The summed E-state index contributed by atoms with van der Waals surface area (Å²) in [6, 6.07) is 15.5. The zero-order valence-corrected chi connectivity index (χ0v) is 22.2. The SMILES string of the molecule is COC(=O)C1[C@@H](C(=O)OC)[C@H]2C(=O)OCCCCCCCCOc3ccc(cc3)[C@H]2N1Cc1ccccc1. The van der Waals surface area contributed by atoms with Crippen molar-refractivity contribution in [2.24, 2.45) is 11.8 Å². The number of benzene rings is 2. The van der Waals surface area contributed by atoms with Crippen LogP contribution in [0.5, 0.6) is 5.75 Å². The van der Waals surface area contributed by atoms with Crippen molar-refractivity contribution in [2.75, 3.05) is 27.4 Å². The van der Waals surface area contributed by atoms with Gasteiger partial charge in [-0.1, -0.05) is 68.1 Å². The number of ether oxygens (including phenoxy) is 4. The van der Waals surface area contributed by atoms with E-state index in [1.807, 2.05) is 59.5 Å². The van der Waals surface area contributed by atoms with Gasteiger partial charge in [-0.3, -0.25) is 19.3 Å². The van der Waals surface area contributed by atoms with E-state index in [9.17, 15) is 14.4 Å². The number of carbonyl (C=O) groups excluding carboxylic acids is 3. The van der Waals surface area contributed by atoms with Gasteiger partial charge in [0.1, 0.15) is 11.8 Å². The summed E-state index contributed by atoms with van der Waals surface area (Å²) in [5, 5.41) is 0. The summed E-state index contributed by atoms with van der Waals surface area (Å²) in [4.78, 5) is 42.0. The molecule has 2 aromatic rings. The molecule has 0 radical (unpaired) electrons. The van der Waals surface area contributed by atoms with Crippen molar-refractivity contribution in [1.82, 2.24) is 4.90 Å². The fourth-order valence-electron chi connectivity index (χ4n) is 5.59. The summed E-state index contributed by atoms with van der Waals surface area (Å²) < 4.78 is 22.0. The van der Waals surface area contributed by atoms with Crippen LogP contribution in [0.15, 0.2) is 54.6 Å². The van der Waals surface area contributed by atoms with E-state index in [-0.39, 0.29) is 6.61 Å². The molecule has 3 heterocycles. The molecule has 2 bridgehead atoms. The average molecular weight is 524 g/mol. The summed E-state index contributed by atoms with van der Waals surface area (Å²) in [5.41, 5.74) is 1.71. The zero-order valence-electron chi connectivity index (χ0n) is 22.2. The first-order chi connectivity index (χ1) is 18.5. The second kappa shape index (κ2) is 13.4. The third-order valence-electron chi connectivity index (χ3n) is 7.45. The molecular formula is C30H37NO7. The molecule has 2 aromatic carbocycles. The second-order valence-electron chi connectivity index (χ2n) is 9.85. The summed E-state index contributed by atoms with van der Waals surface area (Å²) >= 11 is 0. The maximum atomic E-state index is 13.7. The maximum absolute atomic E-state index is 13.7. The molecule has 8 heteroatoms. The highest BCUT2D eigenvalue weighted by atomic mass is 16.5. The van der Waals surface area contributed by atoms with Gasteiger partial charge in [-0.05, 0) is 36.1 Å². The summed E-state index contributed by atoms with van der Waals surface area (Å²) in [5.74, 6) is -3.07. The second-order valence-corrected chi connectivity index (χ2v) is 9.85. The van der Waals surface area contributed by atoms with Crippen molar-refractivity contribution in [2.45, 2.75) is 57.2 Å². The van der Waals surface area contributed by atoms with Crippen molar-refractivity contribution in [3.8, 4) is 5.75 Å². The molecule has 8 nitrogen and oxygen atoms in total. The van der Waals surface area contributed by atoms with E-state index in [0.717, 1.165) is 55.4 Å². The van der Waals surface area contributed by atoms with Crippen molar-refractivity contribution >= 4 is 17.9 Å². The molecule has 4 atom stereocenters. The number of likely N-dealkylation sites (tertiary alicyclic amines) is 1. The van der Waals surface area contributed by atoms with Crippen LogP contribution < -0.4 is 4.74 Å². The zero-order chi connectivity index (χ0) is 26.9. The predicted octanol–water partition coefficient (Wildman–Crippen LogP) is 4.47. The van der Waals surface area contributed by atoms with E-state index in [1.165, 1.54) is 14.2 Å². The number of carbonyl (C=O) groups is 3. The lowest BCUT2D eigenvalue weighted by Gasteiger charge is -2.30. The minimum Gasteiger partial charge on any atom is -0.494 e. The van der Waals surface area contributed by atoms with Crippen molar-refractivity contribution in [3.63, 3.8) is 0 Å². The highest BCUT2D eigenvalue weighted by Gasteiger charge is 2.59. The summed E-state index contributed by atoms with van der Waals surface area (Å²) in [6.07, 6.45) is 5.91. The number of rotatable bonds is 4. The first-order valence-corrected chi connectivity index (χ1v) is 13.4. The van der Waals surface area contributed by atoms with E-state index < -0.39 is 41.8 Å². The normalized spacial score (nSPS) is 24.9. The van der Waals surface area contributed by atoms with Gasteiger partial charge in [0.2, 0.25) is 0 Å². The summed E-state index contributed by atoms with van der Waals surface area (Å²) in [7, 11) is 2.55. The Morgan fingerprint density at radius 3 is 2.05 bits per heavy atom. The van der Waals surface area contributed by atoms with Gasteiger partial charge in [-0.15, -0.1) is 0 Å². The van der Waals surface area contributed by atoms with E-state index >= 15 is 0 Å². The smallest absolute Gasteiger partial charge is 0.324 e. The van der Waals surface area contributed by atoms with Crippen LogP contribution in [0.1, 0.15) is 55.7 Å². The number of fused-ring (bicyclic) bond motifs is 12. The van der Waals surface area contributed by atoms with Gasteiger partial charge in [0.05, 0.1) is 45.3 Å². The van der Waals surface area contributed by atoms with Crippen molar-refractivity contribution in [1.29, 1.82) is 0 Å². The molecule has 1 saturated heterocycles. The molecule has 1 fully saturated rings. The van der Waals surface area contributed by atoms with E-state index in [2.05, 4.69) is 0 Å². The van der Waals surface area contributed by atoms with Gasteiger partial charge in [-0.2, -0.15) is 0 Å². The average Bonchev–Trinajstić information content (AvgIpc) is 3.28. The van der Waals surface area contributed by atoms with E-state index in [4.69, 9.17) is 18.9 Å². The molecule has 38 heavy (non-hydrogen) atoms. The standard InChI is InChI=1S/C30H37NO7/c1-35-28(32)25-24-26(31(27(25)30(34)36-2)20-21-12-8-7-9-13-21)22-14-16-23(17-15-22)37-18-10-5-3-4-6-11-19-38-29(24)33/h7-9,12-17,24-27H,3-6,10-11,18-20H2,1-2H3/t24-,25+,26-,27?/m1/s1. The first kappa shape index (κ1) is 27.6. The molecule has 0 amide bonds. The lowest BCUT2D eigenvalue weighted by atomic mass is 9.84. The number of hydrogen-bond acceptors (Lipinski definition) is 8. The molecule has 3 aliphatic rings. The highest BCUT2D eigenvalue weighted by molar-refractivity contribution is 5.91. The third-order valence-corrected chi connectivity index (χ3v) is 7.45. The van der Waals surface area contributed by atoms with Crippen LogP contribution in [0.4, 0.5) is 0 Å². The lowest BCUT2D eigenvalue weighted by Crippen LogP contribution is -2.44. The van der Waals surface area contributed by atoms with Crippen molar-refractivity contribution < 1.29 is 33.3 Å². The Labute approximate surface area is 224 Å². The number of nitrogens with zero attached hydrogens (tertiary/aromatic N) is 1. The van der Waals surface area contributed by atoms with Gasteiger partial charge < -0.3 is 18.9 Å². The van der Waals surface area contributed by atoms with Crippen molar-refractivity contribution in [3.05, 3.63) is 65.7 Å². The molecule has 204 valence electrons. The number of hydrogen-bond donors (Lipinski definition) is 0. The van der Waals surface area contributed by atoms with Crippen LogP contribution in [0.2, 0.25) is 0 Å². The molecule has 1 unspecified atom stereocenters. The molecule has 0 N–H and O–H groups in total. The largest absolute Gasteiger partial charge is 0.494 e. The van der Waals surface area contributed by atoms with Gasteiger partial charge in [0.15, 0.2) is 0 Å². The van der Waals surface area contributed by atoms with Crippen LogP contribution >= 0.6 is 0 Å². The van der Waals surface area contributed by atoms with E-state index in [1.54, 1.807) is 0 Å². The molecule has 0 saturated carbocycles. The Balaban J connectivity index is 1.80. The fraction of sp³-hybridized carbons (Fsp3) is 0.500. The van der Waals surface area contributed by atoms with Gasteiger partial charge in [0, 0.05) is 6.54 Å². The van der Waals surface area contributed by atoms with E-state index in [0.29, 0.717) is 13.2 Å². The van der Waals surface area contributed by atoms with Crippen LogP contribution in [0.25, 0.3) is 0 Å².